The first kappa shape index (κ1) is 14.4. The van der Waals surface area contributed by atoms with Crippen LogP contribution in [0.25, 0.3) is 0 Å². The molecule has 1 aliphatic carbocycles. The summed E-state index contributed by atoms with van der Waals surface area (Å²) in [6.45, 7) is 0. The van der Waals surface area contributed by atoms with Crippen LogP contribution >= 0.6 is 0 Å². The summed E-state index contributed by atoms with van der Waals surface area (Å²) in [4.78, 5) is 22.5. The first-order chi connectivity index (χ1) is 9.63. The first-order valence-electron chi connectivity index (χ1n) is 7.10. The molecule has 1 aliphatic rings. The summed E-state index contributed by atoms with van der Waals surface area (Å²) in [5.74, 6) is 0.774. The number of urea groups is 1. The van der Waals surface area contributed by atoms with Crippen molar-refractivity contribution in [3.63, 3.8) is 0 Å². The molecule has 0 unspecified atom stereocenters. The highest BCUT2D eigenvalue weighted by Gasteiger charge is 2.16. The Morgan fingerprint density at radius 1 is 1.05 bits per heavy atom. The van der Waals surface area contributed by atoms with Gasteiger partial charge in [-0.2, -0.15) is 0 Å². The summed E-state index contributed by atoms with van der Waals surface area (Å²) in [7, 11) is 0. The van der Waals surface area contributed by atoms with Crippen molar-refractivity contribution >= 4 is 23.3 Å². The molecule has 1 aromatic rings. The number of nitrogens with two attached hydrogens (primary N) is 1. The summed E-state index contributed by atoms with van der Waals surface area (Å²) >= 11 is 0. The molecule has 0 heterocycles. The van der Waals surface area contributed by atoms with E-state index in [0.717, 1.165) is 18.0 Å². The zero-order valence-corrected chi connectivity index (χ0v) is 11.5. The standard InChI is InChI=1S/C15H21N3O2/c16-15(20)18-13-8-6-12(7-9-13)17-14(19)10-5-11-3-1-2-4-11/h6-9,11H,1-5,10H2,(H,17,19)(H3,16,18,20). The number of primary amides is 1. The Hall–Kier alpha value is -2.04. The minimum Gasteiger partial charge on any atom is -0.351 e. The quantitative estimate of drug-likeness (QED) is 0.771. The smallest absolute Gasteiger partial charge is 0.316 e. The van der Waals surface area contributed by atoms with Crippen molar-refractivity contribution in [3.8, 4) is 0 Å². The average Bonchev–Trinajstić information content (AvgIpc) is 2.91. The zero-order valence-electron chi connectivity index (χ0n) is 11.5. The third kappa shape index (κ3) is 4.57. The minimum atomic E-state index is -0.599. The van der Waals surface area contributed by atoms with E-state index in [0.29, 0.717) is 12.1 Å². The first-order valence-corrected chi connectivity index (χ1v) is 7.10. The predicted molar refractivity (Wildman–Crippen MR) is 79.5 cm³/mol. The second-order valence-corrected chi connectivity index (χ2v) is 5.30. The van der Waals surface area contributed by atoms with E-state index in [4.69, 9.17) is 5.73 Å². The van der Waals surface area contributed by atoms with Gasteiger partial charge in [-0.15, -0.1) is 0 Å². The maximum absolute atomic E-state index is 11.8. The van der Waals surface area contributed by atoms with Crippen LogP contribution in [-0.4, -0.2) is 11.9 Å². The molecule has 1 aromatic carbocycles. The Kier molecular flexibility index (Phi) is 4.98. The maximum atomic E-state index is 11.8. The average molecular weight is 275 g/mol. The normalized spacial score (nSPS) is 15.0. The van der Waals surface area contributed by atoms with Gasteiger partial charge < -0.3 is 16.4 Å². The maximum Gasteiger partial charge on any atom is 0.316 e. The lowest BCUT2D eigenvalue weighted by atomic mass is 10.0. The van der Waals surface area contributed by atoms with Crippen LogP contribution in [0.4, 0.5) is 16.2 Å². The van der Waals surface area contributed by atoms with E-state index in [1.807, 2.05) is 0 Å². The van der Waals surface area contributed by atoms with Crippen LogP contribution in [0.1, 0.15) is 38.5 Å². The van der Waals surface area contributed by atoms with E-state index in [2.05, 4.69) is 10.6 Å². The third-order valence-electron chi connectivity index (χ3n) is 3.69. The van der Waals surface area contributed by atoms with Crippen LogP contribution in [0.2, 0.25) is 0 Å². The predicted octanol–water partition coefficient (Wildman–Crippen LogP) is 3.09. The van der Waals surface area contributed by atoms with E-state index >= 15 is 0 Å². The second kappa shape index (κ2) is 6.93. The molecular weight excluding hydrogens is 254 g/mol. The number of rotatable bonds is 5. The van der Waals surface area contributed by atoms with Crippen molar-refractivity contribution in [1.29, 1.82) is 0 Å². The Labute approximate surface area is 118 Å². The second-order valence-electron chi connectivity index (χ2n) is 5.30. The molecular formula is C15H21N3O2. The van der Waals surface area contributed by atoms with Crippen LogP contribution in [0, 0.1) is 5.92 Å². The fourth-order valence-corrected chi connectivity index (χ4v) is 2.64. The van der Waals surface area contributed by atoms with E-state index in [9.17, 15) is 9.59 Å². The van der Waals surface area contributed by atoms with Gasteiger partial charge in [0, 0.05) is 17.8 Å². The largest absolute Gasteiger partial charge is 0.351 e. The number of carbonyl (C=O) groups excluding carboxylic acids is 2. The van der Waals surface area contributed by atoms with Crippen molar-refractivity contribution in [3.05, 3.63) is 24.3 Å². The molecule has 0 spiro atoms. The summed E-state index contributed by atoms with van der Waals surface area (Å²) in [5, 5.41) is 5.34. The highest BCUT2D eigenvalue weighted by molar-refractivity contribution is 5.91. The van der Waals surface area contributed by atoms with Crippen molar-refractivity contribution in [2.75, 3.05) is 10.6 Å². The number of hydrogen-bond donors (Lipinski definition) is 3. The summed E-state index contributed by atoms with van der Waals surface area (Å²) in [5.41, 5.74) is 6.37. The van der Waals surface area contributed by atoms with E-state index in [1.54, 1.807) is 24.3 Å². The fourth-order valence-electron chi connectivity index (χ4n) is 2.64. The molecule has 4 N–H and O–H groups in total. The topological polar surface area (TPSA) is 84.2 Å². The molecule has 1 saturated carbocycles. The lowest BCUT2D eigenvalue weighted by Crippen LogP contribution is -2.19. The summed E-state index contributed by atoms with van der Waals surface area (Å²) in [6.07, 6.45) is 6.70. The Morgan fingerprint density at radius 2 is 1.60 bits per heavy atom. The number of amides is 3. The van der Waals surface area contributed by atoms with Crippen molar-refractivity contribution in [1.82, 2.24) is 0 Å². The third-order valence-corrected chi connectivity index (χ3v) is 3.69. The SMILES string of the molecule is NC(=O)Nc1ccc(NC(=O)CCC2CCCC2)cc1. The van der Waals surface area contributed by atoms with Crippen LogP contribution in [-0.2, 0) is 4.79 Å². The molecule has 0 radical (unpaired) electrons. The van der Waals surface area contributed by atoms with Gasteiger partial charge in [-0.25, -0.2) is 4.79 Å². The highest BCUT2D eigenvalue weighted by atomic mass is 16.2. The van der Waals surface area contributed by atoms with Crippen molar-refractivity contribution in [2.45, 2.75) is 38.5 Å². The number of carbonyl (C=O) groups is 2. The van der Waals surface area contributed by atoms with Gasteiger partial charge in [0.05, 0.1) is 0 Å². The number of anilines is 2. The van der Waals surface area contributed by atoms with Gasteiger partial charge in [-0.1, -0.05) is 25.7 Å². The fraction of sp³-hybridized carbons (Fsp3) is 0.467. The van der Waals surface area contributed by atoms with E-state index < -0.39 is 6.03 Å². The Morgan fingerprint density at radius 3 is 2.15 bits per heavy atom. The number of nitrogens with one attached hydrogen (secondary N) is 2. The lowest BCUT2D eigenvalue weighted by molar-refractivity contribution is -0.116. The van der Waals surface area contributed by atoms with Gasteiger partial charge >= 0.3 is 6.03 Å². The number of benzene rings is 1. The van der Waals surface area contributed by atoms with Gasteiger partial charge in [-0.3, -0.25) is 4.79 Å². The molecule has 2 rings (SSSR count). The minimum absolute atomic E-state index is 0.0486. The summed E-state index contributed by atoms with van der Waals surface area (Å²) < 4.78 is 0. The van der Waals surface area contributed by atoms with Gasteiger partial charge in [0.15, 0.2) is 0 Å². The molecule has 108 valence electrons. The van der Waals surface area contributed by atoms with Crippen LogP contribution < -0.4 is 16.4 Å². The Bertz CT molecular complexity index is 465. The van der Waals surface area contributed by atoms with Crippen LogP contribution in [0.3, 0.4) is 0 Å². The molecule has 5 heteroatoms. The molecule has 1 fully saturated rings. The van der Waals surface area contributed by atoms with Gasteiger partial charge in [0.25, 0.3) is 0 Å². The van der Waals surface area contributed by atoms with Crippen LogP contribution in [0.15, 0.2) is 24.3 Å². The molecule has 0 bridgehead atoms. The molecule has 5 nitrogen and oxygen atoms in total. The Balaban J connectivity index is 1.76. The molecule has 0 atom stereocenters. The molecule has 3 amide bonds. The van der Waals surface area contributed by atoms with E-state index in [-0.39, 0.29) is 5.91 Å². The monoisotopic (exact) mass is 275 g/mol. The zero-order chi connectivity index (χ0) is 14.4. The molecule has 0 saturated heterocycles. The van der Waals surface area contributed by atoms with Crippen molar-refractivity contribution < 1.29 is 9.59 Å². The summed E-state index contributed by atoms with van der Waals surface area (Å²) in [6, 6.07) is 6.31. The van der Waals surface area contributed by atoms with Crippen LogP contribution in [0.5, 0.6) is 0 Å². The van der Waals surface area contributed by atoms with Crippen molar-refractivity contribution in [2.24, 2.45) is 11.7 Å². The highest BCUT2D eigenvalue weighted by Crippen LogP contribution is 2.28. The molecule has 0 aromatic heterocycles. The van der Waals surface area contributed by atoms with Gasteiger partial charge in [-0.05, 0) is 36.6 Å². The molecule has 20 heavy (non-hydrogen) atoms. The van der Waals surface area contributed by atoms with E-state index in [1.165, 1.54) is 25.7 Å². The molecule has 0 aliphatic heterocycles. The van der Waals surface area contributed by atoms with Gasteiger partial charge in [0.1, 0.15) is 0 Å². The van der Waals surface area contributed by atoms with Gasteiger partial charge in [0.2, 0.25) is 5.91 Å². The number of hydrogen-bond acceptors (Lipinski definition) is 2. The lowest BCUT2D eigenvalue weighted by Gasteiger charge is -2.09.